The number of allylic oxidation sites excluding steroid dienone is 2. The molecule has 1 unspecified atom stereocenters. The number of carboxylic acid groups (broad SMARTS) is 1. The zero-order valence-electron chi connectivity index (χ0n) is 20.6. The van der Waals surface area contributed by atoms with E-state index in [9.17, 15) is 17.6 Å². The number of hydrogen-bond acceptors (Lipinski definition) is 6. The van der Waals surface area contributed by atoms with Crippen LogP contribution < -0.4 is 9.46 Å². The number of ether oxygens (including phenoxy) is 1. The lowest BCUT2D eigenvalue weighted by molar-refractivity contribution is 0.0691. The monoisotopic (exact) mass is 536 g/mol. The number of halogens is 1. The van der Waals surface area contributed by atoms with Gasteiger partial charge in [0.05, 0.1) is 18.4 Å². The average Bonchev–Trinajstić information content (AvgIpc) is 3.36. The predicted octanol–water partition coefficient (Wildman–Crippen LogP) is 6.58. The van der Waals surface area contributed by atoms with Crippen LogP contribution in [0.4, 0.5) is 10.1 Å². The molecule has 2 aliphatic carbocycles. The number of thiazole rings is 1. The Bertz CT molecular complexity index is 1230. The quantitative estimate of drug-likeness (QED) is 0.375. The molecule has 1 saturated carbocycles. The Labute approximate surface area is 215 Å². The highest BCUT2D eigenvalue weighted by molar-refractivity contribution is 7.92. The number of nitrogens with one attached hydrogen (secondary N) is 1. The summed E-state index contributed by atoms with van der Waals surface area (Å²) in [6.07, 6.45) is 13.2. The Morgan fingerprint density at radius 3 is 2.58 bits per heavy atom. The van der Waals surface area contributed by atoms with E-state index < -0.39 is 27.4 Å². The minimum Gasteiger partial charge on any atom is -0.495 e. The summed E-state index contributed by atoms with van der Waals surface area (Å²) in [5, 5.41) is 11.1. The van der Waals surface area contributed by atoms with Crippen LogP contribution in [0, 0.1) is 23.6 Å². The molecule has 0 aliphatic heterocycles. The van der Waals surface area contributed by atoms with Crippen molar-refractivity contribution in [1.29, 1.82) is 0 Å². The smallest absolute Gasteiger partial charge is 0.338 e. The first-order valence-corrected chi connectivity index (χ1v) is 14.9. The van der Waals surface area contributed by atoms with E-state index in [1.165, 1.54) is 62.4 Å². The molecule has 0 spiro atoms. The first-order chi connectivity index (χ1) is 17.2. The summed E-state index contributed by atoms with van der Waals surface area (Å²) in [7, 11) is -2.88. The lowest BCUT2D eigenvalue weighted by Gasteiger charge is -2.35. The van der Waals surface area contributed by atoms with Gasteiger partial charge >= 0.3 is 5.97 Å². The minimum atomic E-state index is -4.12. The summed E-state index contributed by atoms with van der Waals surface area (Å²) >= 11 is 1.27. The SMILES string of the molecule is CCC[C@H]1CC[C@H](C2CC=C(c3nc(S(=O)(=O)Nc4cc(F)c(C(=O)O)cc4OC)cs3)CC2)CC1. The molecule has 2 aromatic rings. The first-order valence-electron chi connectivity index (χ1n) is 12.5. The highest BCUT2D eigenvalue weighted by Crippen LogP contribution is 2.42. The molecule has 10 heteroatoms. The van der Waals surface area contributed by atoms with E-state index in [2.05, 4.69) is 22.7 Å². The van der Waals surface area contributed by atoms with E-state index in [0.29, 0.717) is 10.9 Å². The highest BCUT2D eigenvalue weighted by atomic mass is 32.2. The van der Waals surface area contributed by atoms with Crippen molar-refractivity contribution >= 4 is 38.6 Å². The van der Waals surface area contributed by atoms with Gasteiger partial charge in [-0.15, -0.1) is 11.3 Å². The van der Waals surface area contributed by atoms with Crippen molar-refractivity contribution in [2.75, 3.05) is 11.8 Å². The number of rotatable bonds is 9. The summed E-state index contributed by atoms with van der Waals surface area (Å²) in [4.78, 5) is 15.5. The van der Waals surface area contributed by atoms with E-state index in [1.807, 2.05) is 0 Å². The Morgan fingerprint density at radius 1 is 1.22 bits per heavy atom. The zero-order valence-corrected chi connectivity index (χ0v) is 22.3. The van der Waals surface area contributed by atoms with E-state index >= 15 is 0 Å². The standard InChI is InChI=1S/C26H33FN2O5S2/c1-3-4-16-5-7-17(8-6-16)18-9-11-19(12-10-18)25-28-24(15-35-25)36(32,33)29-22-14-21(27)20(26(30)31)13-23(22)34-2/h11,13-18,29H,3-10,12H2,1-2H3,(H,30,31)/t16-,17-,18?. The van der Waals surface area contributed by atoms with Gasteiger partial charge in [-0.2, -0.15) is 8.42 Å². The van der Waals surface area contributed by atoms with Crippen molar-refractivity contribution in [2.45, 2.75) is 69.7 Å². The maximum atomic E-state index is 14.2. The molecule has 4 rings (SSSR count). The maximum absolute atomic E-state index is 14.2. The Hall–Kier alpha value is -2.46. The second-order valence-corrected chi connectivity index (χ2v) is 12.3. The Morgan fingerprint density at radius 2 is 1.97 bits per heavy atom. The fourth-order valence-electron chi connectivity index (χ4n) is 5.53. The molecule has 2 aliphatic rings. The van der Waals surface area contributed by atoms with Gasteiger partial charge in [0.15, 0.2) is 5.03 Å². The summed E-state index contributed by atoms with van der Waals surface area (Å²) in [5.74, 6) is -0.265. The normalized spacial score (nSPS) is 22.6. The van der Waals surface area contributed by atoms with Gasteiger partial charge in [0.1, 0.15) is 16.6 Å². The molecule has 196 valence electrons. The molecular formula is C26H33FN2O5S2. The van der Waals surface area contributed by atoms with Crippen LogP contribution >= 0.6 is 11.3 Å². The number of aromatic carboxylic acids is 1. The molecule has 2 N–H and O–H groups in total. The molecule has 0 saturated heterocycles. The Balaban J connectivity index is 1.43. The lowest BCUT2D eigenvalue weighted by Crippen LogP contribution is -2.23. The number of benzene rings is 1. The van der Waals surface area contributed by atoms with Crippen molar-refractivity contribution in [3.8, 4) is 5.75 Å². The van der Waals surface area contributed by atoms with Gasteiger partial charge in [-0.3, -0.25) is 4.72 Å². The average molecular weight is 537 g/mol. The molecule has 1 atom stereocenters. The highest BCUT2D eigenvalue weighted by Gasteiger charge is 2.30. The predicted molar refractivity (Wildman–Crippen MR) is 139 cm³/mol. The topological polar surface area (TPSA) is 106 Å². The van der Waals surface area contributed by atoms with Gasteiger partial charge in [-0.1, -0.05) is 38.7 Å². The van der Waals surface area contributed by atoms with E-state index in [0.717, 1.165) is 48.8 Å². The van der Waals surface area contributed by atoms with Crippen LogP contribution in [0.1, 0.15) is 80.1 Å². The van der Waals surface area contributed by atoms with Crippen LogP contribution in [0.2, 0.25) is 0 Å². The van der Waals surface area contributed by atoms with Gasteiger partial charge in [0, 0.05) is 11.4 Å². The molecule has 0 radical (unpaired) electrons. The molecule has 0 amide bonds. The van der Waals surface area contributed by atoms with Gasteiger partial charge in [0.25, 0.3) is 10.0 Å². The molecule has 1 heterocycles. The number of nitrogens with zero attached hydrogens (tertiary/aromatic N) is 1. The van der Waals surface area contributed by atoms with Crippen LogP contribution in [0.15, 0.2) is 28.6 Å². The third kappa shape index (κ3) is 5.91. The van der Waals surface area contributed by atoms with Crippen molar-refractivity contribution in [1.82, 2.24) is 4.98 Å². The third-order valence-electron chi connectivity index (χ3n) is 7.50. The van der Waals surface area contributed by atoms with E-state index in [-0.39, 0.29) is 16.5 Å². The third-order valence-corrected chi connectivity index (χ3v) is 9.82. The second-order valence-electron chi connectivity index (χ2n) is 9.77. The first kappa shape index (κ1) is 26.6. The number of hydrogen-bond donors (Lipinski definition) is 2. The molecule has 7 nitrogen and oxygen atoms in total. The second kappa shape index (κ2) is 11.3. The molecule has 1 aromatic carbocycles. The number of sulfonamides is 1. The van der Waals surface area contributed by atoms with Gasteiger partial charge < -0.3 is 9.84 Å². The summed E-state index contributed by atoms with van der Waals surface area (Å²) in [5.41, 5.74) is 0.275. The molecule has 1 aromatic heterocycles. The van der Waals surface area contributed by atoms with E-state index in [1.54, 1.807) is 0 Å². The van der Waals surface area contributed by atoms with Crippen LogP contribution in [0.3, 0.4) is 0 Å². The number of carbonyl (C=O) groups is 1. The number of methoxy groups -OCH3 is 1. The van der Waals surface area contributed by atoms with Gasteiger partial charge in [-0.25, -0.2) is 14.2 Å². The molecule has 1 fully saturated rings. The molecular weight excluding hydrogens is 503 g/mol. The van der Waals surface area contributed by atoms with Gasteiger partial charge in [0.2, 0.25) is 0 Å². The number of anilines is 1. The fourth-order valence-corrected chi connectivity index (χ4v) is 7.75. The van der Waals surface area contributed by atoms with Crippen molar-refractivity contribution in [2.24, 2.45) is 17.8 Å². The Kier molecular flexibility index (Phi) is 8.34. The maximum Gasteiger partial charge on any atom is 0.338 e. The molecule has 36 heavy (non-hydrogen) atoms. The largest absolute Gasteiger partial charge is 0.495 e. The zero-order chi connectivity index (χ0) is 25.9. The van der Waals surface area contributed by atoms with Crippen LogP contribution in [0.25, 0.3) is 5.57 Å². The van der Waals surface area contributed by atoms with Crippen LogP contribution in [-0.2, 0) is 10.0 Å². The number of aromatic nitrogens is 1. The van der Waals surface area contributed by atoms with Crippen molar-refractivity contribution < 1.29 is 27.4 Å². The summed E-state index contributed by atoms with van der Waals surface area (Å²) in [6, 6.07) is 1.74. The van der Waals surface area contributed by atoms with Crippen LogP contribution in [-0.4, -0.2) is 31.6 Å². The van der Waals surface area contributed by atoms with Gasteiger partial charge in [-0.05, 0) is 61.5 Å². The van der Waals surface area contributed by atoms with Crippen molar-refractivity contribution in [3.05, 3.63) is 40.0 Å². The lowest BCUT2D eigenvalue weighted by atomic mass is 9.71. The molecule has 0 bridgehead atoms. The minimum absolute atomic E-state index is 0.0995. The fraction of sp³-hybridized carbons (Fsp3) is 0.538. The van der Waals surface area contributed by atoms with Crippen molar-refractivity contribution in [3.63, 3.8) is 0 Å². The summed E-state index contributed by atoms with van der Waals surface area (Å²) in [6.45, 7) is 2.26. The summed E-state index contributed by atoms with van der Waals surface area (Å²) < 4.78 is 47.4. The van der Waals surface area contributed by atoms with Crippen LogP contribution in [0.5, 0.6) is 5.75 Å². The van der Waals surface area contributed by atoms with E-state index in [4.69, 9.17) is 9.84 Å². The number of carboxylic acids is 1.